The number of hydrogen-bond donors (Lipinski definition) is 1. The third-order valence-electron chi connectivity index (χ3n) is 5.39. The lowest BCUT2D eigenvalue weighted by atomic mass is 10.0. The van der Waals surface area contributed by atoms with Crippen molar-refractivity contribution in [2.24, 2.45) is 0 Å². The molecule has 1 amide bonds. The molecule has 1 N–H and O–H groups in total. The molecule has 0 fully saturated rings. The number of carbonyl (C=O) groups excluding carboxylic acids is 1. The molecule has 0 atom stereocenters. The number of aryl methyl sites for hydroxylation is 4. The summed E-state index contributed by atoms with van der Waals surface area (Å²) in [5, 5.41) is 3.93. The Morgan fingerprint density at radius 1 is 0.793 bits per heavy atom. The summed E-state index contributed by atoms with van der Waals surface area (Å²) in [5.41, 5.74) is 8.75. The molecular weight excluding hydrogens is 356 g/mol. The number of nitrogens with one attached hydrogen (secondary N) is 1. The van der Waals surface area contributed by atoms with Gasteiger partial charge >= 0.3 is 0 Å². The lowest BCUT2D eigenvalue weighted by molar-refractivity contribution is 0.102. The van der Waals surface area contributed by atoms with Crippen LogP contribution in [0.5, 0.6) is 0 Å². The number of amides is 1. The van der Waals surface area contributed by atoms with Crippen molar-refractivity contribution in [1.29, 1.82) is 0 Å². The van der Waals surface area contributed by atoms with E-state index < -0.39 is 0 Å². The number of nitrogens with zero attached hydrogens (tertiary/aromatic N) is 1. The average Bonchev–Trinajstić information content (AvgIpc) is 2.71. The monoisotopic (exact) mass is 380 g/mol. The molecule has 1 aromatic heterocycles. The number of pyridine rings is 1. The lowest BCUT2D eigenvalue weighted by Gasteiger charge is -2.13. The Morgan fingerprint density at radius 3 is 2.34 bits per heavy atom. The molecule has 0 spiro atoms. The quantitative estimate of drug-likeness (QED) is 0.447. The van der Waals surface area contributed by atoms with Gasteiger partial charge in [-0.15, -0.1) is 0 Å². The molecule has 0 saturated heterocycles. The van der Waals surface area contributed by atoms with Gasteiger partial charge in [-0.2, -0.15) is 0 Å². The van der Waals surface area contributed by atoms with E-state index in [9.17, 15) is 4.79 Å². The van der Waals surface area contributed by atoms with Crippen LogP contribution >= 0.6 is 0 Å². The summed E-state index contributed by atoms with van der Waals surface area (Å²) in [6.07, 6.45) is 0. The number of anilines is 1. The van der Waals surface area contributed by atoms with Gasteiger partial charge < -0.3 is 5.32 Å². The van der Waals surface area contributed by atoms with Crippen LogP contribution < -0.4 is 5.32 Å². The topological polar surface area (TPSA) is 42.0 Å². The van der Waals surface area contributed by atoms with Gasteiger partial charge in [-0.25, -0.2) is 4.98 Å². The number of fused-ring (bicyclic) bond motifs is 1. The van der Waals surface area contributed by atoms with Crippen molar-refractivity contribution >= 4 is 22.5 Å². The summed E-state index contributed by atoms with van der Waals surface area (Å²) in [4.78, 5) is 18.0. The zero-order valence-electron chi connectivity index (χ0n) is 17.2. The van der Waals surface area contributed by atoms with Crippen LogP contribution in [0.1, 0.15) is 32.6 Å². The maximum absolute atomic E-state index is 13.2. The van der Waals surface area contributed by atoms with Gasteiger partial charge in [0.1, 0.15) is 0 Å². The van der Waals surface area contributed by atoms with Gasteiger partial charge in [-0.05, 0) is 68.7 Å². The summed E-state index contributed by atoms with van der Waals surface area (Å²) < 4.78 is 0. The Labute approximate surface area is 171 Å². The van der Waals surface area contributed by atoms with Crippen LogP contribution in [-0.4, -0.2) is 10.9 Å². The standard InChI is InChI=1S/C26H24N2O/c1-16-9-12-23(19(4)13-16)28-26(29)22-15-25(20-11-10-17(2)18(3)14-20)27-24-8-6-5-7-21(22)24/h5-15H,1-4H3,(H,28,29). The average molecular weight is 380 g/mol. The molecular formula is C26H24N2O. The number of benzene rings is 3. The molecule has 0 radical (unpaired) electrons. The molecule has 3 aromatic carbocycles. The fraction of sp³-hybridized carbons (Fsp3) is 0.154. The minimum absolute atomic E-state index is 0.124. The van der Waals surface area contributed by atoms with Crippen molar-refractivity contribution in [3.05, 3.63) is 94.5 Å². The van der Waals surface area contributed by atoms with E-state index in [1.165, 1.54) is 16.7 Å². The highest BCUT2D eigenvalue weighted by molar-refractivity contribution is 6.13. The van der Waals surface area contributed by atoms with Crippen molar-refractivity contribution in [3.8, 4) is 11.3 Å². The number of rotatable bonds is 3. The molecule has 4 aromatic rings. The molecule has 29 heavy (non-hydrogen) atoms. The zero-order chi connectivity index (χ0) is 20.5. The lowest BCUT2D eigenvalue weighted by Crippen LogP contribution is -2.14. The maximum atomic E-state index is 13.2. The summed E-state index contributed by atoms with van der Waals surface area (Å²) in [6, 6.07) is 22.0. The van der Waals surface area contributed by atoms with Crippen LogP contribution in [0.4, 0.5) is 5.69 Å². The van der Waals surface area contributed by atoms with Crippen molar-refractivity contribution in [2.75, 3.05) is 5.32 Å². The van der Waals surface area contributed by atoms with Crippen LogP contribution in [0, 0.1) is 27.7 Å². The van der Waals surface area contributed by atoms with Crippen LogP contribution in [0.25, 0.3) is 22.2 Å². The van der Waals surface area contributed by atoms with Gasteiger partial charge in [0.25, 0.3) is 5.91 Å². The molecule has 0 saturated carbocycles. The second-order valence-electron chi connectivity index (χ2n) is 7.64. The zero-order valence-corrected chi connectivity index (χ0v) is 17.2. The largest absolute Gasteiger partial charge is 0.322 e. The van der Waals surface area contributed by atoms with Crippen LogP contribution in [0.15, 0.2) is 66.7 Å². The fourth-order valence-electron chi connectivity index (χ4n) is 3.56. The minimum Gasteiger partial charge on any atom is -0.322 e. The summed E-state index contributed by atoms with van der Waals surface area (Å²) in [6.45, 7) is 8.24. The molecule has 0 aliphatic rings. The van der Waals surface area contributed by atoms with Crippen molar-refractivity contribution < 1.29 is 4.79 Å². The van der Waals surface area contributed by atoms with E-state index in [1.807, 2.05) is 56.3 Å². The van der Waals surface area contributed by atoms with Gasteiger partial charge in [0.05, 0.1) is 16.8 Å². The van der Waals surface area contributed by atoms with E-state index in [0.29, 0.717) is 5.56 Å². The molecule has 3 heteroatoms. The van der Waals surface area contributed by atoms with Crippen molar-refractivity contribution in [1.82, 2.24) is 4.98 Å². The Kier molecular flexibility index (Phi) is 4.89. The van der Waals surface area contributed by atoms with Gasteiger partial charge in [0.2, 0.25) is 0 Å². The Morgan fingerprint density at radius 2 is 1.59 bits per heavy atom. The van der Waals surface area contributed by atoms with Gasteiger partial charge in [0.15, 0.2) is 0 Å². The molecule has 0 aliphatic carbocycles. The highest BCUT2D eigenvalue weighted by atomic mass is 16.1. The SMILES string of the molecule is Cc1ccc(NC(=O)c2cc(-c3ccc(C)c(C)c3)nc3ccccc23)c(C)c1. The molecule has 0 unspecified atom stereocenters. The maximum Gasteiger partial charge on any atom is 0.256 e. The molecule has 3 nitrogen and oxygen atoms in total. The van der Waals surface area contributed by atoms with E-state index in [1.54, 1.807) is 0 Å². The van der Waals surface area contributed by atoms with Crippen LogP contribution in [-0.2, 0) is 0 Å². The minimum atomic E-state index is -0.124. The highest BCUT2D eigenvalue weighted by Gasteiger charge is 2.15. The molecule has 144 valence electrons. The predicted octanol–water partition coefficient (Wildman–Crippen LogP) is 6.39. The molecule has 4 rings (SSSR count). The first kappa shape index (κ1) is 18.9. The number of para-hydroxylation sites is 1. The normalized spacial score (nSPS) is 10.9. The Balaban J connectivity index is 1.82. The smallest absolute Gasteiger partial charge is 0.256 e. The van der Waals surface area contributed by atoms with E-state index in [-0.39, 0.29) is 5.91 Å². The summed E-state index contributed by atoms with van der Waals surface area (Å²) >= 11 is 0. The second kappa shape index (κ2) is 7.51. The van der Waals surface area contributed by atoms with E-state index in [2.05, 4.69) is 43.4 Å². The van der Waals surface area contributed by atoms with E-state index >= 15 is 0 Å². The van der Waals surface area contributed by atoms with E-state index in [4.69, 9.17) is 4.98 Å². The third kappa shape index (κ3) is 3.77. The fourth-order valence-corrected chi connectivity index (χ4v) is 3.56. The molecule has 0 bridgehead atoms. The first-order chi connectivity index (χ1) is 13.9. The first-order valence-electron chi connectivity index (χ1n) is 9.78. The number of aromatic nitrogens is 1. The van der Waals surface area contributed by atoms with Crippen molar-refractivity contribution in [3.63, 3.8) is 0 Å². The summed E-state index contributed by atoms with van der Waals surface area (Å²) in [5.74, 6) is -0.124. The third-order valence-corrected chi connectivity index (χ3v) is 5.39. The first-order valence-corrected chi connectivity index (χ1v) is 9.78. The van der Waals surface area contributed by atoms with Crippen LogP contribution in [0.3, 0.4) is 0 Å². The van der Waals surface area contributed by atoms with Crippen molar-refractivity contribution in [2.45, 2.75) is 27.7 Å². The number of carbonyl (C=O) groups is 1. The Bertz CT molecular complexity index is 1240. The van der Waals surface area contributed by atoms with Gasteiger partial charge in [-0.3, -0.25) is 4.79 Å². The summed E-state index contributed by atoms with van der Waals surface area (Å²) in [7, 11) is 0. The highest BCUT2D eigenvalue weighted by Crippen LogP contribution is 2.27. The van der Waals surface area contributed by atoms with Gasteiger partial charge in [0, 0.05) is 16.6 Å². The van der Waals surface area contributed by atoms with Crippen LogP contribution in [0.2, 0.25) is 0 Å². The Hall–Kier alpha value is -3.46. The second-order valence-corrected chi connectivity index (χ2v) is 7.64. The molecule has 0 aliphatic heterocycles. The van der Waals surface area contributed by atoms with E-state index in [0.717, 1.165) is 33.4 Å². The number of hydrogen-bond acceptors (Lipinski definition) is 2. The predicted molar refractivity (Wildman–Crippen MR) is 121 cm³/mol. The molecule has 1 heterocycles. The van der Waals surface area contributed by atoms with Gasteiger partial charge in [-0.1, -0.05) is 48.0 Å².